The van der Waals surface area contributed by atoms with Crippen molar-refractivity contribution in [1.82, 2.24) is 0 Å². The van der Waals surface area contributed by atoms with Gasteiger partial charge >= 0.3 is 8.25 Å². The number of hydrogen-bond donors (Lipinski definition) is 1. The van der Waals surface area contributed by atoms with Gasteiger partial charge in [0.2, 0.25) is 0 Å². The van der Waals surface area contributed by atoms with Crippen LogP contribution in [-0.2, 0) is 13.6 Å². The van der Waals surface area contributed by atoms with Crippen LogP contribution in [0.1, 0.15) is 33.1 Å². The molecule has 0 amide bonds. The van der Waals surface area contributed by atoms with Gasteiger partial charge in [0, 0.05) is 11.0 Å². The Balaban J connectivity index is 4.33. The Morgan fingerprint density at radius 1 is 1.53 bits per heavy atom. The van der Waals surface area contributed by atoms with E-state index >= 15 is 0 Å². The monoisotopic (exact) mass is 253 g/mol. The molecule has 0 saturated carbocycles. The molecule has 0 aromatic heterocycles. The maximum absolute atomic E-state index is 11.2. The van der Waals surface area contributed by atoms with E-state index in [9.17, 15) is 9.46 Å². The van der Waals surface area contributed by atoms with Gasteiger partial charge in [0.1, 0.15) is 0 Å². The van der Waals surface area contributed by atoms with Gasteiger partial charge in [0.25, 0.3) is 13.8 Å². The van der Waals surface area contributed by atoms with E-state index in [1.165, 1.54) is 0 Å². The summed E-state index contributed by atoms with van der Waals surface area (Å²) in [5.74, 6) is 0.0937. The van der Waals surface area contributed by atoms with Crippen molar-refractivity contribution < 1.29 is 23.4 Å². The summed E-state index contributed by atoms with van der Waals surface area (Å²) in [5.41, 5.74) is 2.39. The SMILES string of the molecule is CCCCO[P+]([O-])=C=C(CC)O[P+](=O)O. The Bertz CT molecular complexity index is 270. The summed E-state index contributed by atoms with van der Waals surface area (Å²) >= 11 is 0. The minimum atomic E-state index is -2.73. The van der Waals surface area contributed by atoms with Crippen molar-refractivity contribution in [2.24, 2.45) is 0 Å². The Morgan fingerprint density at radius 2 is 2.20 bits per heavy atom. The number of hydrogen-bond acceptors (Lipinski definition) is 4. The molecule has 0 rings (SSSR count). The predicted octanol–water partition coefficient (Wildman–Crippen LogP) is 1.84. The maximum Gasteiger partial charge on any atom is 0.747 e. The van der Waals surface area contributed by atoms with Crippen LogP contribution in [0.15, 0.2) is 5.76 Å². The zero-order chi connectivity index (χ0) is 11.7. The molecule has 0 aliphatic heterocycles. The summed E-state index contributed by atoms with van der Waals surface area (Å²) in [6, 6.07) is 0. The number of rotatable bonds is 7. The highest BCUT2D eigenvalue weighted by Crippen LogP contribution is 2.22. The molecular weight excluding hydrogens is 238 g/mol. The van der Waals surface area contributed by atoms with E-state index in [0.717, 1.165) is 12.8 Å². The fraction of sp³-hybridized carbons (Fsp3) is 0.750. The minimum absolute atomic E-state index is 0.0937. The second-order valence-corrected chi connectivity index (χ2v) is 4.32. The van der Waals surface area contributed by atoms with E-state index in [4.69, 9.17) is 9.42 Å². The van der Waals surface area contributed by atoms with Crippen LogP contribution in [0.3, 0.4) is 0 Å². The first-order valence-corrected chi connectivity index (χ1v) is 6.97. The van der Waals surface area contributed by atoms with Crippen LogP contribution >= 0.6 is 16.3 Å². The third kappa shape index (κ3) is 8.71. The zero-order valence-corrected chi connectivity index (χ0v) is 10.6. The largest absolute Gasteiger partial charge is 0.747 e. The van der Waals surface area contributed by atoms with Crippen molar-refractivity contribution in [2.45, 2.75) is 33.1 Å². The second-order valence-electron chi connectivity index (χ2n) is 2.66. The molecule has 2 atom stereocenters. The molecule has 15 heavy (non-hydrogen) atoms. The Hall–Kier alpha value is -0.270. The lowest BCUT2D eigenvalue weighted by Gasteiger charge is -1.94. The Morgan fingerprint density at radius 3 is 2.67 bits per heavy atom. The van der Waals surface area contributed by atoms with E-state index in [1.807, 2.05) is 6.92 Å². The second kappa shape index (κ2) is 8.99. The lowest BCUT2D eigenvalue weighted by atomic mass is 10.4. The number of unbranched alkanes of at least 4 members (excludes halogenated alkanes) is 1. The Labute approximate surface area is 91.2 Å². The van der Waals surface area contributed by atoms with Gasteiger partial charge in [-0.2, -0.15) is 4.52 Å². The fourth-order valence-corrected chi connectivity index (χ4v) is 1.89. The molecule has 0 aromatic rings. The van der Waals surface area contributed by atoms with Crippen molar-refractivity contribution in [3.05, 3.63) is 5.76 Å². The van der Waals surface area contributed by atoms with Crippen molar-refractivity contribution in [3.8, 4) is 0 Å². The molecule has 0 saturated heterocycles. The molecule has 7 heteroatoms. The van der Waals surface area contributed by atoms with Crippen LogP contribution in [-0.4, -0.2) is 17.0 Å². The van der Waals surface area contributed by atoms with Crippen LogP contribution in [0.2, 0.25) is 0 Å². The summed E-state index contributed by atoms with van der Waals surface area (Å²) in [7, 11) is -4.80. The third-order valence-electron chi connectivity index (χ3n) is 1.43. The molecule has 0 fully saturated rings. The van der Waals surface area contributed by atoms with Gasteiger partial charge in [-0.1, -0.05) is 20.3 Å². The normalized spacial score (nSPS) is 11.7. The van der Waals surface area contributed by atoms with Crippen molar-refractivity contribution >= 4 is 21.7 Å². The van der Waals surface area contributed by atoms with E-state index in [2.05, 4.69) is 9.98 Å². The topological polar surface area (TPSA) is 78.8 Å². The van der Waals surface area contributed by atoms with Crippen LogP contribution < -0.4 is 4.89 Å². The lowest BCUT2D eigenvalue weighted by molar-refractivity contribution is -0.171. The zero-order valence-electron chi connectivity index (χ0n) is 8.80. The molecule has 2 unspecified atom stereocenters. The van der Waals surface area contributed by atoms with Gasteiger partial charge in [-0.3, -0.25) is 0 Å². The third-order valence-corrected chi connectivity index (χ3v) is 2.66. The van der Waals surface area contributed by atoms with Crippen LogP contribution in [0.4, 0.5) is 0 Å². The summed E-state index contributed by atoms with van der Waals surface area (Å²) in [6.07, 6.45) is 2.12. The van der Waals surface area contributed by atoms with Crippen molar-refractivity contribution in [3.63, 3.8) is 0 Å². The molecular formula is C8H15O5P2+. The highest BCUT2D eigenvalue weighted by molar-refractivity contribution is 7.44. The van der Waals surface area contributed by atoms with Gasteiger partial charge in [0.15, 0.2) is 5.45 Å². The molecule has 0 bridgehead atoms. The van der Waals surface area contributed by atoms with Crippen LogP contribution in [0.5, 0.6) is 0 Å². The summed E-state index contributed by atoms with van der Waals surface area (Å²) in [4.78, 5) is 19.7. The molecule has 5 nitrogen and oxygen atoms in total. The van der Waals surface area contributed by atoms with Crippen molar-refractivity contribution in [1.29, 1.82) is 0 Å². The molecule has 0 aliphatic rings. The van der Waals surface area contributed by atoms with Gasteiger partial charge in [-0.25, -0.2) is 4.52 Å². The van der Waals surface area contributed by atoms with Gasteiger partial charge in [0.05, 0.1) is 6.61 Å². The number of allylic oxidation sites excluding steroid dienone is 1. The van der Waals surface area contributed by atoms with Gasteiger partial charge in [-0.15, -0.1) is 4.89 Å². The molecule has 0 heterocycles. The van der Waals surface area contributed by atoms with Crippen LogP contribution in [0, 0.1) is 0 Å². The van der Waals surface area contributed by atoms with Gasteiger partial charge < -0.3 is 4.89 Å². The van der Waals surface area contributed by atoms with E-state index < -0.39 is 16.3 Å². The fourth-order valence-electron chi connectivity index (χ4n) is 0.684. The van der Waals surface area contributed by atoms with Crippen LogP contribution in [0.25, 0.3) is 0 Å². The summed E-state index contributed by atoms with van der Waals surface area (Å²) in [6.45, 7) is 4.09. The molecule has 1 N–H and O–H groups in total. The highest BCUT2D eigenvalue weighted by atomic mass is 31.1. The summed E-state index contributed by atoms with van der Waals surface area (Å²) in [5, 5.41) is 0. The highest BCUT2D eigenvalue weighted by Gasteiger charge is 2.17. The van der Waals surface area contributed by atoms with Gasteiger partial charge in [-0.05, 0) is 6.42 Å². The minimum Gasteiger partial charge on any atom is -0.595 e. The first kappa shape index (κ1) is 14.7. The molecule has 0 aromatic carbocycles. The van der Waals surface area contributed by atoms with Crippen molar-refractivity contribution in [2.75, 3.05) is 6.61 Å². The average molecular weight is 253 g/mol. The lowest BCUT2D eigenvalue weighted by Crippen LogP contribution is -1.96. The first-order valence-electron chi connectivity index (χ1n) is 4.66. The van der Waals surface area contributed by atoms with E-state index in [0.29, 0.717) is 13.0 Å². The van der Waals surface area contributed by atoms with E-state index in [-0.39, 0.29) is 5.76 Å². The maximum atomic E-state index is 11.2. The predicted molar refractivity (Wildman–Crippen MR) is 57.5 cm³/mol. The quantitative estimate of drug-likeness (QED) is 0.425. The molecule has 0 radical (unpaired) electrons. The standard InChI is InChI=1S/C8H14O5P2/c1-3-5-6-12-14(9)7-8(4-2)13-15(10)11/h3-6H2,1-2H3/p+1. The molecule has 0 spiro atoms. The van der Waals surface area contributed by atoms with E-state index in [1.54, 1.807) is 6.92 Å². The smallest absolute Gasteiger partial charge is 0.595 e. The Kier molecular flexibility index (Phi) is 8.83. The molecule has 0 aliphatic carbocycles. The average Bonchev–Trinajstić information content (AvgIpc) is 2.16. The first-order chi connectivity index (χ1) is 7.10. The molecule has 86 valence electrons. The summed E-state index contributed by atoms with van der Waals surface area (Å²) < 4.78 is 19.7.